The Labute approximate surface area is 164 Å². The molecular weight excluding hydrogens is 364 g/mol. The van der Waals surface area contributed by atoms with Gasteiger partial charge in [-0.1, -0.05) is 6.92 Å². The van der Waals surface area contributed by atoms with E-state index in [1.165, 1.54) is 12.3 Å². The number of anilines is 1. The molecule has 1 amide bonds. The average molecular weight is 391 g/mol. The van der Waals surface area contributed by atoms with Gasteiger partial charge in [-0.15, -0.1) is 0 Å². The van der Waals surface area contributed by atoms with Crippen LogP contribution in [0.3, 0.4) is 0 Å². The van der Waals surface area contributed by atoms with Crippen molar-refractivity contribution >= 4 is 22.7 Å². The van der Waals surface area contributed by atoms with Gasteiger partial charge in [0.2, 0.25) is 0 Å². The van der Waals surface area contributed by atoms with Crippen LogP contribution in [0, 0.1) is 5.92 Å². The summed E-state index contributed by atoms with van der Waals surface area (Å²) in [5.74, 6) is 0.329. The van der Waals surface area contributed by atoms with Crippen LogP contribution in [-0.2, 0) is 4.74 Å². The number of carbonyl (C=O) groups is 1. The molecule has 5 nitrogen and oxygen atoms in total. The van der Waals surface area contributed by atoms with E-state index in [1.54, 1.807) is 12.1 Å². The summed E-state index contributed by atoms with van der Waals surface area (Å²) in [6, 6.07) is 6.67. The van der Waals surface area contributed by atoms with Crippen LogP contribution < -0.4 is 10.2 Å². The van der Waals surface area contributed by atoms with Gasteiger partial charge in [-0.05, 0) is 57.4 Å². The number of hydrogen-bond acceptors (Lipinski definition) is 4. The largest absolute Gasteiger partial charge is 0.444 e. The van der Waals surface area contributed by atoms with E-state index in [2.05, 4.69) is 22.1 Å². The van der Waals surface area contributed by atoms with E-state index in [4.69, 9.17) is 4.74 Å². The number of alkyl halides is 2. The Hall–Kier alpha value is -2.44. The average Bonchev–Trinajstić information content (AvgIpc) is 2.58. The Bertz CT molecular complexity index is 851. The summed E-state index contributed by atoms with van der Waals surface area (Å²) in [4.78, 5) is 18.5. The molecular formula is C21H27F2N3O2. The summed E-state index contributed by atoms with van der Waals surface area (Å²) < 4.78 is 32.1. The van der Waals surface area contributed by atoms with Crippen molar-refractivity contribution < 1.29 is 18.3 Å². The molecule has 1 aromatic carbocycles. The van der Waals surface area contributed by atoms with Gasteiger partial charge in [0, 0.05) is 42.0 Å². The van der Waals surface area contributed by atoms with Crippen molar-refractivity contribution in [2.24, 2.45) is 5.92 Å². The number of hydrogen-bond donors (Lipinski definition) is 1. The van der Waals surface area contributed by atoms with Crippen LogP contribution in [0.1, 0.15) is 46.1 Å². The number of benzene rings is 1. The predicted octanol–water partition coefficient (Wildman–Crippen LogP) is 4.91. The van der Waals surface area contributed by atoms with Gasteiger partial charge >= 0.3 is 6.09 Å². The fraction of sp³-hybridized carbons (Fsp3) is 0.524. The van der Waals surface area contributed by atoms with Crippen LogP contribution in [0.25, 0.3) is 10.9 Å². The molecule has 1 aliphatic rings. The van der Waals surface area contributed by atoms with Crippen molar-refractivity contribution in [2.75, 3.05) is 18.0 Å². The second-order valence-electron chi connectivity index (χ2n) is 8.46. The SMILES string of the molecule is C[C@@H]1C[C@@H](NC(=O)OC(C)(C)C)CN(c2ccc(C(F)F)c3ncccc23)C1. The minimum atomic E-state index is -2.58. The molecule has 0 bridgehead atoms. The van der Waals surface area contributed by atoms with Crippen molar-refractivity contribution in [3.05, 3.63) is 36.0 Å². The second kappa shape index (κ2) is 7.89. The number of nitrogens with one attached hydrogen (secondary N) is 1. The third kappa shape index (κ3) is 4.69. The molecule has 1 fully saturated rings. The second-order valence-corrected chi connectivity index (χ2v) is 8.46. The lowest BCUT2D eigenvalue weighted by atomic mass is 9.94. The van der Waals surface area contributed by atoms with Gasteiger partial charge in [-0.2, -0.15) is 0 Å². The van der Waals surface area contributed by atoms with E-state index in [1.807, 2.05) is 26.8 Å². The van der Waals surface area contributed by atoms with E-state index in [0.29, 0.717) is 23.4 Å². The zero-order valence-corrected chi connectivity index (χ0v) is 16.7. The summed E-state index contributed by atoms with van der Waals surface area (Å²) in [5.41, 5.74) is 0.560. The number of amides is 1. The number of pyridine rings is 1. The van der Waals surface area contributed by atoms with Crippen LogP contribution in [0.4, 0.5) is 19.3 Å². The number of halogens is 2. The first-order valence-electron chi connectivity index (χ1n) is 9.54. The minimum Gasteiger partial charge on any atom is -0.444 e. The highest BCUT2D eigenvalue weighted by molar-refractivity contribution is 5.94. The standard InChI is InChI=1S/C21H27F2N3O2/c1-13-10-14(25-20(27)28-21(2,3)4)12-26(11-13)17-8-7-16(19(22)23)18-15(17)6-5-9-24-18/h5-9,13-14,19H,10-12H2,1-4H3,(H,25,27)/t13-,14-/m1/s1. The smallest absolute Gasteiger partial charge is 0.407 e. The van der Waals surface area contributed by atoms with Gasteiger partial charge in [0.05, 0.1) is 5.52 Å². The maximum atomic E-state index is 13.4. The van der Waals surface area contributed by atoms with Gasteiger partial charge in [-0.25, -0.2) is 13.6 Å². The summed E-state index contributed by atoms with van der Waals surface area (Å²) in [6.07, 6.45) is -0.649. The molecule has 1 saturated heterocycles. The molecule has 0 spiro atoms. The third-order valence-corrected chi connectivity index (χ3v) is 4.73. The van der Waals surface area contributed by atoms with Gasteiger partial charge in [-0.3, -0.25) is 4.98 Å². The molecule has 0 unspecified atom stereocenters. The highest BCUT2D eigenvalue weighted by Crippen LogP contribution is 2.34. The van der Waals surface area contributed by atoms with E-state index >= 15 is 0 Å². The van der Waals surface area contributed by atoms with E-state index in [9.17, 15) is 13.6 Å². The van der Waals surface area contributed by atoms with E-state index < -0.39 is 18.1 Å². The highest BCUT2D eigenvalue weighted by atomic mass is 19.3. The lowest BCUT2D eigenvalue weighted by Gasteiger charge is -2.39. The molecule has 0 aliphatic carbocycles. The third-order valence-electron chi connectivity index (χ3n) is 4.73. The van der Waals surface area contributed by atoms with Crippen molar-refractivity contribution in [1.29, 1.82) is 0 Å². The van der Waals surface area contributed by atoms with Crippen LogP contribution >= 0.6 is 0 Å². The lowest BCUT2D eigenvalue weighted by molar-refractivity contribution is 0.0495. The van der Waals surface area contributed by atoms with E-state index in [-0.39, 0.29) is 11.6 Å². The summed E-state index contributed by atoms with van der Waals surface area (Å²) in [6.45, 7) is 8.96. The number of fused-ring (bicyclic) bond motifs is 1. The van der Waals surface area contributed by atoms with Gasteiger partial charge < -0.3 is 15.0 Å². The highest BCUT2D eigenvalue weighted by Gasteiger charge is 2.29. The number of nitrogens with zero attached hydrogens (tertiary/aromatic N) is 2. The Kier molecular flexibility index (Phi) is 5.72. The van der Waals surface area contributed by atoms with Crippen LogP contribution in [0.5, 0.6) is 0 Å². The van der Waals surface area contributed by atoms with Crippen LogP contribution in [0.2, 0.25) is 0 Å². The summed E-state index contributed by atoms with van der Waals surface area (Å²) in [5, 5.41) is 3.64. The number of aromatic nitrogens is 1. The maximum absolute atomic E-state index is 13.4. The molecule has 0 radical (unpaired) electrons. The molecule has 28 heavy (non-hydrogen) atoms. The quantitative estimate of drug-likeness (QED) is 0.808. The zero-order valence-electron chi connectivity index (χ0n) is 16.7. The van der Waals surface area contributed by atoms with Gasteiger partial charge in [0.1, 0.15) is 5.60 Å². The summed E-state index contributed by atoms with van der Waals surface area (Å²) >= 11 is 0. The molecule has 0 saturated carbocycles. The monoisotopic (exact) mass is 391 g/mol. The topological polar surface area (TPSA) is 54.5 Å². The van der Waals surface area contributed by atoms with Crippen LogP contribution in [-0.4, -0.2) is 35.8 Å². The first-order valence-corrected chi connectivity index (χ1v) is 9.54. The molecule has 1 aromatic heterocycles. The normalized spacial score (nSPS) is 20.5. The molecule has 152 valence electrons. The summed E-state index contributed by atoms with van der Waals surface area (Å²) in [7, 11) is 0. The molecule has 1 N–H and O–H groups in total. The molecule has 2 heterocycles. The Balaban J connectivity index is 1.85. The van der Waals surface area contributed by atoms with E-state index in [0.717, 1.165) is 18.7 Å². The molecule has 2 aromatic rings. The Morgan fingerprint density at radius 3 is 2.71 bits per heavy atom. The first kappa shape index (κ1) is 20.3. The lowest BCUT2D eigenvalue weighted by Crippen LogP contribution is -2.51. The molecule has 7 heteroatoms. The van der Waals surface area contributed by atoms with Gasteiger partial charge in [0.15, 0.2) is 0 Å². The predicted molar refractivity (Wildman–Crippen MR) is 106 cm³/mol. The number of ether oxygens (including phenoxy) is 1. The zero-order chi connectivity index (χ0) is 20.5. The fourth-order valence-electron chi connectivity index (χ4n) is 3.76. The van der Waals surface area contributed by atoms with Gasteiger partial charge in [0.25, 0.3) is 6.43 Å². The van der Waals surface area contributed by atoms with Crippen LogP contribution in [0.15, 0.2) is 30.5 Å². The number of alkyl carbamates (subject to hydrolysis) is 1. The Morgan fingerprint density at radius 1 is 1.29 bits per heavy atom. The fourth-order valence-corrected chi connectivity index (χ4v) is 3.76. The van der Waals surface area contributed by atoms with Crippen molar-refractivity contribution in [2.45, 2.75) is 52.2 Å². The van der Waals surface area contributed by atoms with Crippen molar-refractivity contribution in [1.82, 2.24) is 10.3 Å². The molecule has 2 atom stereocenters. The number of carbonyl (C=O) groups excluding carboxylic acids is 1. The van der Waals surface area contributed by atoms with Crippen molar-refractivity contribution in [3.8, 4) is 0 Å². The minimum absolute atomic E-state index is 0.0622. The maximum Gasteiger partial charge on any atom is 0.407 e. The Morgan fingerprint density at radius 2 is 2.04 bits per heavy atom. The number of rotatable bonds is 3. The number of piperidine rings is 1. The molecule has 3 rings (SSSR count). The molecule has 1 aliphatic heterocycles. The first-order chi connectivity index (χ1) is 13.1. The van der Waals surface area contributed by atoms with Crippen molar-refractivity contribution in [3.63, 3.8) is 0 Å².